The van der Waals surface area contributed by atoms with Gasteiger partial charge in [0.2, 0.25) is 5.95 Å². The number of aromatic nitrogens is 3. The van der Waals surface area contributed by atoms with Gasteiger partial charge in [-0.3, -0.25) is 4.57 Å². The van der Waals surface area contributed by atoms with Crippen molar-refractivity contribution in [2.24, 2.45) is 0 Å². The molecule has 2 rings (SSSR count). The highest BCUT2D eigenvalue weighted by atomic mass is 32.1. The molecule has 1 atom stereocenters. The summed E-state index contributed by atoms with van der Waals surface area (Å²) in [7, 11) is 0. The molecule has 0 radical (unpaired) electrons. The van der Waals surface area contributed by atoms with Gasteiger partial charge in [0.25, 0.3) is 0 Å². The Morgan fingerprint density at radius 3 is 2.56 bits per heavy atom. The van der Waals surface area contributed by atoms with Crippen LogP contribution in [0.15, 0.2) is 24.3 Å². The second-order valence-corrected chi connectivity index (χ2v) is 3.87. The molecular weight excluding hydrogens is 227 g/mol. The molecule has 0 saturated heterocycles. The first kappa shape index (κ1) is 10.8. The van der Waals surface area contributed by atoms with Crippen LogP contribution in [-0.4, -0.2) is 14.8 Å². The molecule has 0 amide bonds. The predicted molar refractivity (Wildman–Crippen MR) is 62.0 cm³/mol. The lowest BCUT2D eigenvalue weighted by Gasteiger charge is -2.14. The molecular formula is C10H11FN4S. The zero-order valence-corrected chi connectivity index (χ0v) is 9.46. The molecule has 0 saturated carbocycles. The number of anilines is 1. The number of nitrogen functional groups attached to an aromatic ring is 1. The van der Waals surface area contributed by atoms with Crippen LogP contribution in [0.3, 0.4) is 0 Å². The van der Waals surface area contributed by atoms with Crippen molar-refractivity contribution in [1.82, 2.24) is 14.8 Å². The molecule has 0 spiro atoms. The third-order valence-electron chi connectivity index (χ3n) is 2.47. The topological polar surface area (TPSA) is 59.6 Å². The van der Waals surface area contributed by atoms with E-state index >= 15 is 0 Å². The van der Waals surface area contributed by atoms with Gasteiger partial charge in [0, 0.05) is 0 Å². The molecule has 3 N–H and O–H groups in total. The average Bonchev–Trinajstić information content (AvgIpc) is 2.59. The van der Waals surface area contributed by atoms with Gasteiger partial charge in [-0.05, 0) is 36.8 Å². The van der Waals surface area contributed by atoms with Gasteiger partial charge in [0.15, 0.2) is 4.77 Å². The Balaban J connectivity index is 2.43. The van der Waals surface area contributed by atoms with E-state index in [1.54, 1.807) is 16.7 Å². The van der Waals surface area contributed by atoms with E-state index < -0.39 is 0 Å². The maximum atomic E-state index is 12.8. The molecule has 0 bridgehead atoms. The average molecular weight is 238 g/mol. The van der Waals surface area contributed by atoms with Crippen LogP contribution in [0.4, 0.5) is 10.3 Å². The second kappa shape index (κ2) is 4.05. The summed E-state index contributed by atoms with van der Waals surface area (Å²) in [6.45, 7) is 1.93. The van der Waals surface area contributed by atoms with Gasteiger partial charge < -0.3 is 5.73 Å². The summed E-state index contributed by atoms with van der Waals surface area (Å²) < 4.78 is 14.9. The van der Waals surface area contributed by atoms with Crippen LogP contribution in [-0.2, 0) is 0 Å². The van der Waals surface area contributed by atoms with Crippen molar-refractivity contribution in [3.05, 3.63) is 40.4 Å². The number of rotatable bonds is 2. The number of nitrogens with two attached hydrogens (primary N) is 1. The minimum absolute atomic E-state index is 0.0770. The highest BCUT2D eigenvalue weighted by molar-refractivity contribution is 7.71. The van der Waals surface area contributed by atoms with Crippen LogP contribution in [0.1, 0.15) is 18.5 Å². The first-order chi connectivity index (χ1) is 7.59. The van der Waals surface area contributed by atoms with Gasteiger partial charge in [-0.15, -0.1) is 5.10 Å². The van der Waals surface area contributed by atoms with Crippen molar-refractivity contribution in [3.63, 3.8) is 0 Å². The fourth-order valence-electron chi connectivity index (χ4n) is 1.58. The monoisotopic (exact) mass is 238 g/mol. The fraction of sp³-hybridized carbons (Fsp3) is 0.200. The smallest absolute Gasteiger partial charge is 0.221 e. The standard InChI is InChI=1S/C10H11FN4S/c1-6(7-2-4-8(11)5-3-7)15-9(12)13-14-10(15)16/h2-6H,1H3,(H2,12,13)(H,14,16). The van der Waals surface area contributed by atoms with Crippen molar-refractivity contribution in [2.75, 3.05) is 5.73 Å². The van der Waals surface area contributed by atoms with E-state index in [1.807, 2.05) is 6.92 Å². The molecule has 16 heavy (non-hydrogen) atoms. The minimum Gasteiger partial charge on any atom is -0.368 e. The largest absolute Gasteiger partial charge is 0.368 e. The SMILES string of the molecule is CC(c1ccc(F)cc1)n1c(N)n[nH]c1=S. The van der Waals surface area contributed by atoms with Gasteiger partial charge in [-0.2, -0.15) is 0 Å². The summed E-state index contributed by atoms with van der Waals surface area (Å²) in [4.78, 5) is 0. The van der Waals surface area contributed by atoms with E-state index in [0.29, 0.717) is 10.7 Å². The molecule has 1 unspecified atom stereocenters. The number of hydrogen-bond acceptors (Lipinski definition) is 3. The van der Waals surface area contributed by atoms with Gasteiger partial charge in [0.05, 0.1) is 6.04 Å². The number of nitrogens with zero attached hydrogens (tertiary/aromatic N) is 2. The van der Waals surface area contributed by atoms with E-state index in [9.17, 15) is 4.39 Å². The quantitative estimate of drug-likeness (QED) is 0.789. The Kier molecular flexibility index (Phi) is 2.74. The number of hydrogen-bond donors (Lipinski definition) is 2. The van der Waals surface area contributed by atoms with Gasteiger partial charge in [-0.1, -0.05) is 12.1 Å². The van der Waals surface area contributed by atoms with E-state index in [2.05, 4.69) is 10.2 Å². The number of nitrogens with one attached hydrogen (secondary N) is 1. The number of benzene rings is 1. The Labute approximate surface area is 96.9 Å². The Hall–Kier alpha value is -1.69. The van der Waals surface area contributed by atoms with Crippen LogP contribution in [0.5, 0.6) is 0 Å². The third kappa shape index (κ3) is 1.83. The molecule has 6 heteroatoms. The molecule has 0 aliphatic rings. The molecule has 1 aromatic heterocycles. The maximum absolute atomic E-state index is 12.8. The molecule has 0 aliphatic heterocycles. The van der Waals surface area contributed by atoms with Crippen molar-refractivity contribution in [2.45, 2.75) is 13.0 Å². The van der Waals surface area contributed by atoms with E-state index in [0.717, 1.165) is 5.56 Å². The number of halogens is 1. The minimum atomic E-state index is -0.264. The Morgan fingerprint density at radius 2 is 2.06 bits per heavy atom. The lowest BCUT2D eigenvalue weighted by molar-refractivity contribution is 0.615. The molecule has 0 fully saturated rings. The summed E-state index contributed by atoms with van der Waals surface area (Å²) in [5.41, 5.74) is 6.61. The van der Waals surface area contributed by atoms with Crippen LogP contribution in [0.25, 0.3) is 0 Å². The Bertz CT molecular complexity index is 543. The summed E-state index contributed by atoms with van der Waals surface area (Å²) in [5, 5.41) is 6.45. The van der Waals surface area contributed by atoms with Crippen LogP contribution in [0, 0.1) is 10.6 Å². The highest BCUT2D eigenvalue weighted by Crippen LogP contribution is 2.20. The van der Waals surface area contributed by atoms with Crippen LogP contribution in [0.2, 0.25) is 0 Å². The van der Waals surface area contributed by atoms with Crippen molar-refractivity contribution < 1.29 is 4.39 Å². The van der Waals surface area contributed by atoms with Crippen LogP contribution >= 0.6 is 12.2 Å². The van der Waals surface area contributed by atoms with Gasteiger partial charge >= 0.3 is 0 Å². The lowest BCUT2D eigenvalue weighted by atomic mass is 10.1. The predicted octanol–water partition coefficient (Wildman–Crippen LogP) is 2.27. The molecule has 1 aromatic carbocycles. The normalized spacial score (nSPS) is 12.6. The van der Waals surface area contributed by atoms with Crippen molar-refractivity contribution >= 4 is 18.2 Å². The lowest BCUT2D eigenvalue weighted by Crippen LogP contribution is -2.10. The van der Waals surface area contributed by atoms with Crippen LogP contribution < -0.4 is 5.73 Å². The van der Waals surface area contributed by atoms with Gasteiger partial charge in [-0.25, -0.2) is 9.49 Å². The summed E-state index contributed by atoms with van der Waals surface area (Å²) in [6, 6.07) is 6.15. The molecule has 4 nitrogen and oxygen atoms in total. The third-order valence-corrected chi connectivity index (χ3v) is 2.76. The zero-order chi connectivity index (χ0) is 11.7. The first-order valence-electron chi connectivity index (χ1n) is 4.77. The molecule has 0 aliphatic carbocycles. The second-order valence-electron chi connectivity index (χ2n) is 3.48. The highest BCUT2D eigenvalue weighted by Gasteiger charge is 2.12. The zero-order valence-electron chi connectivity index (χ0n) is 8.64. The van der Waals surface area contributed by atoms with Crippen molar-refractivity contribution in [3.8, 4) is 0 Å². The molecule has 1 heterocycles. The van der Waals surface area contributed by atoms with E-state index in [-0.39, 0.29) is 11.9 Å². The maximum Gasteiger partial charge on any atom is 0.221 e. The fourth-order valence-corrected chi connectivity index (χ4v) is 1.88. The van der Waals surface area contributed by atoms with Crippen molar-refractivity contribution in [1.29, 1.82) is 0 Å². The van der Waals surface area contributed by atoms with Gasteiger partial charge in [0.1, 0.15) is 5.82 Å². The first-order valence-corrected chi connectivity index (χ1v) is 5.18. The summed E-state index contributed by atoms with van der Waals surface area (Å²) in [5.74, 6) is 0.0570. The Morgan fingerprint density at radius 1 is 1.44 bits per heavy atom. The summed E-state index contributed by atoms with van der Waals surface area (Å²) in [6.07, 6.45) is 0. The number of aromatic amines is 1. The molecule has 84 valence electrons. The van der Waals surface area contributed by atoms with E-state index in [4.69, 9.17) is 18.0 Å². The summed E-state index contributed by atoms with van der Waals surface area (Å²) >= 11 is 5.07. The molecule has 2 aromatic rings. The van der Waals surface area contributed by atoms with E-state index in [1.165, 1.54) is 12.1 Å². The number of H-pyrrole nitrogens is 1.